The number of hydrogen-bond donors (Lipinski definition) is 1. The van der Waals surface area contributed by atoms with Crippen LogP contribution in [0.5, 0.6) is 0 Å². The number of rotatable bonds is 13. The molecule has 1 N–H and O–H groups in total. The van der Waals surface area contributed by atoms with E-state index in [4.69, 9.17) is 0 Å². The number of benzene rings is 2. The quantitative estimate of drug-likeness (QED) is 0.231. The van der Waals surface area contributed by atoms with Gasteiger partial charge in [0, 0.05) is 91.4 Å². The molecule has 0 spiro atoms. The number of ketones is 1. The lowest BCUT2D eigenvalue weighted by atomic mass is 9.91. The molecule has 3 fully saturated rings. The molecular weight excluding hydrogens is 754 g/mol. The number of carbonyl (C=O) groups is 2. The molecule has 2 unspecified atom stereocenters. The molecule has 1 aliphatic carbocycles. The highest BCUT2D eigenvalue weighted by Gasteiger charge is 2.42. The van der Waals surface area contributed by atoms with Crippen molar-refractivity contribution in [2.45, 2.75) is 103 Å². The topological polar surface area (TPSA) is 122 Å². The number of amides is 1. The molecule has 58 heavy (non-hydrogen) atoms. The van der Waals surface area contributed by atoms with Crippen LogP contribution in [0, 0.1) is 30.0 Å². The molecule has 11 nitrogen and oxygen atoms in total. The van der Waals surface area contributed by atoms with E-state index >= 15 is 0 Å². The molecule has 4 aliphatic rings. The number of likely N-dealkylation sites (tertiary alicyclic amines) is 3. The Kier molecular flexibility index (Phi) is 12.3. The van der Waals surface area contributed by atoms with Gasteiger partial charge in [0.25, 0.3) is 5.91 Å². The summed E-state index contributed by atoms with van der Waals surface area (Å²) in [7, 11) is -1.79. The Labute approximate surface area is 343 Å². The molecule has 3 saturated heterocycles. The summed E-state index contributed by atoms with van der Waals surface area (Å²) in [5, 5.41) is 10.9. The largest absolute Gasteiger partial charge is 0.369 e. The number of hydrogen-bond acceptors (Lipinski definition) is 8. The summed E-state index contributed by atoms with van der Waals surface area (Å²) < 4.78 is 43.8. The van der Waals surface area contributed by atoms with Crippen LogP contribution in [0.15, 0.2) is 59.8 Å². The minimum Gasteiger partial charge on any atom is -0.369 e. The lowest BCUT2D eigenvalue weighted by Crippen LogP contribution is -2.43. The molecule has 2 atom stereocenters. The Morgan fingerprint density at radius 3 is 2.41 bits per heavy atom. The van der Waals surface area contributed by atoms with E-state index in [0.717, 1.165) is 55.7 Å². The van der Waals surface area contributed by atoms with Crippen LogP contribution in [-0.4, -0.2) is 114 Å². The Morgan fingerprint density at radius 1 is 1.00 bits per heavy atom. The third-order valence-electron chi connectivity index (χ3n) is 13.1. The highest BCUT2D eigenvalue weighted by Crippen LogP contribution is 2.38. The van der Waals surface area contributed by atoms with Gasteiger partial charge in [0.05, 0.1) is 5.25 Å². The summed E-state index contributed by atoms with van der Waals surface area (Å²) in [6.45, 7) is 16.2. The number of aromatic nitrogens is 1. The van der Waals surface area contributed by atoms with Crippen LogP contribution in [-0.2, 0) is 34.3 Å². The van der Waals surface area contributed by atoms with Crippen molar-refractivity contribution in [3.8, 4) is 6.07 Å². The van der Waals surface area contributed by atoms with Gasteiger partial charge < -0.3 is 19.3 Å². The molecule has 0 bridgehead atoms. The molecule has 3 aliphatic heterocycles. The number of allylic oxidation sites excluding steroid dienone is 3. The molecule has 2 aromatic carbocycles. The third-order valence-corrected chi connectivity index (χ3v) is 15.0. The lowest BCUT2D eigenvalue weighted by Gasteiger charge is -2.32. The molecule has 3 aromatic rings. The van der Waals surface area contributed by atoms with Gasteiger partial charge in [-0.2, -0.15) is 5.26 Å². The van der Waals surface area contributed by atoms with Crippen LogP contribution in [0.3, 0.4) is 0 Å². The average molecular weight is 812 g/mol. The second kappa shape index (κ2) is 17.1. The molecule has 310 valence electrons. The highest BCUT2D eigenvalue weighted by atomic mass is 32.2. The van der Waals surface area contributed by atoms with Crippen molar-refractivity contribution in [1.82, 2.24) is 28.9 Å². The minimum atomic E-state index is -3.27. The predicted octanol–water partition coefficient (Wildman–Crippen LogP) is 5.77. The van der Waals surface area contributed by atoms with Crippen molar-refractivity contribution in [3.63, 3.8) is 0 Å². The number of sulfonamides is 1. The van der Waals surface area contributed by atoms with Crippen LogP contribution < -0.4 is 4.72 Å². The number of piperidine rings is 1. The number of aryl methyl sites for hydroxylation is 1. The van der Waals surface area contributed by atoms with Gasteiger partial charge in [-0.1, -0.05) is 18.2 Å². The van der Waals surface area contributed by atoms with Crippen LogP contribution in [0.4, 0.5) is 4.39 Å². The van der Waals surface area contributed by atoms with Gasteiger partial charge in [0.1, 0.15) is 17.6 Å². The van der Waals surface area contributed by atoms with Gasteiger partial charge in [-0.25, -0.2) is 17.5 Å². The molecule has 0 radical (unpaired) electrons. The number of carbonyl (C=O) groups excluding carboxylic acids is 2. The fraction of sp³-hybridized carbons (Fsp3) is 0.533. The first-order chi connectivity index (χ1) is 27.7. The van der Waals surface area contributed by atoms with Gasteiger partial charge >= 0.3 is 0 Å². The van der Waals surface area contributed by atoms with Gasteiger partial charge in [-0.15, -0.1) is 0 Å². The number of nitrogens with one attached hydrogen (secondary N) is 1. The Balaban J connectivity index is 1.06. The van der Waals surface area contributed by atoms with E-state index in [-0.39, 0.29) is 35.4 Å². The molecule has 0 saturated carbocycles. The molecule has 7 rings (SSSR count). The maximum absolute atomic E-state index is 14.6. The van der Waals surface area contributed by atoms with E-state index in [0.29, 0.717) is 73.3 Å². The molecule has 1 aromatic heterocycles. The van der Waals surface area contributed by atoms with Crippen LogP contribution in [0.1, 0.15) is 86.1 Å². The van der Waals surface area contributed by atoms with E-state index < -0.39 is 15.8 Å². The number of nitriles is 1. The van der Waals surface area contributed by atoms with Crippen molar-refractivity contribution in [1.29, 1.82) is 5.26 Å². The van der Waals surface area contributed by atoms with Crippen molar-refractivity contribution >= 4 is 32.6 Å². The highest BCUT2D eigenvalue weighted by molar-refractivity contribution is 7.90. The average Bonchev–Trinajstić information content (AvgIpc) is 3.90. The van der Waals surface area contributed by atoms with Crippen LogP contribution in [0.2, 0.25) is 0 Å². The summed E-state index contributed by atoms with van der Waals surface area (Å²) >= 11 is 0. The maximum Gasteiger partial charge on any atom is 0.254 e. The van der Waals surface area contributed by atoms with Crippen LogP contribution in [0.25, 0.3) is 10.9 Å². The van der Waals surface area contributed by atoms with E-state index in [1.165, 1.54) is 30.3 Å². The monoisotopic (exact) mass is 811 g/mol. The van der Waals surface area contributed by atoms with Crippen molar-refractivity contribution in [2.24, 2.45) is 5.92 Å². The molecular formula is C45H58FN7O4S. The van der Waals surface area contributed by atoms with Gasteiger partial charge in [0.15, 0.2) is 5.78 Å². The summed E-state index contributed by atoms with van der Waals surface area (Å²) in [6.07, 6.45) is 6.83. The standard InChI is InChI=1S/C45H58FN7O4S/c1-29(2)53(30(3)4)45(55)39-23-35(46)12-10-32(39)22-40-41(8-7-9-44(40)54)51-27-34-14-19-50(43(34)28-51)26-33-11-13-42-38(31(33)5)24-36(25-47)52(42)21-20-49-17-15-37(16-18-49)58(56,57)48-6/h7-8,10-13,23-24,29-30,34,37,43,48H,9,14-22,26-28H2,1-6H3. The number of nitrogens with zero attached hydrogens (tertiary/aromatic N) is 6. The fourth-order valence-electron chi connectivity index (χ4n) is 9.96. The zero-order chi connectivity index (χ0) is 41.5. The zero-order valence-corrected chi connectivity index (χ0v) is 35.6. The Bertz CT molecular complexity index is 2270. The van der Waals surface area contributed by atoms with Crippen LogP contribution >= 0.6 is 0 Å². The molecule has 13 heteroatoms. The zero-order valence-electron chi connectivity index (χ0n) is 34.8. The van der Waals surface area contributed by atoms with Gasteiger partial charge in [-0.05, 0) is 134 Å². The third kappa shape index (κ3) is 8.26. The smallest absolute Gasteiger partial charge is 0.254 e. The van der Waals surface area contributed by atoms with Crippen molar-refractivity contribution < 1.29 is 22.4 Å². The predicted molar refractivity (Wildman–Crippen MR) is 225 cm³/mol. The van der Waals surface area contributed by atoms with E-state index in [1.54, 1.807) is 11.0 Å². The maximum atomic E-state index is 14.6. The van der Waals surface area contributed by atoms with E-state index in [9.17, 15) is 27.7 Å². The minimum absolute atomic E-state index is 0.0378. The molecule has 1 amide bonds. The number of halogens is 1. The lowest BCUT2D eigenvalue weighted by molar-refractivity contribution is -0.115. The summed E-state index contributed by atoms with van der Waals surface area (Å²) in [6, 6.07) is 13.3. The fourth-order valence-corrected chi connectivity index (χ4v) is 11.1. The van der Waals surface area contributed by atoms with E-state index in [2.05, 4.69) is 55.2 Å². The first-order valence-electron chi connectivity index (χ1n) is 20.9. The molecule has 4 heterocycles. The first-order valence-corrected chi connectivity index (χ1v) is 22.4. The van der Waals surface area contributed by atoms with Crippen molar-refractivity contribution in [2.75, 3.05) is 46.3 Å². The second-order valence-corrected chi connectivity index (χ2v) is 19.3. The number of fused-ring (bicyclic) bond motifs is 2. The Hall–Kier alpha value is -4.35. The second-order valence-electron chi connectivity index (χ2n) is 17.1. The van der Waals surface area contributed by atoms with Gasteiger partial charge in [-0.3, -0.25) is 14.5 Å². The summed E-state index contributed by atoms with van der Waals surface area (Å²) in [4.78, 5) is 36.4. The Morgan fingerprint density at radius 2 is 1.72 bits per heavy atom. The van der Waals surface area contributed by atoms with E-state index in [1.807, 2.05) is 39.8 Å². The normalized spacial score (nSPS) is 20.9. The SMILES string of the molecule is CNS(=O)(=O)C1CCN(CCn2c(C#N)cc3c(C)c(CN4CCC5CN(C6=C(Cc7ccc(F)cc7C(=O)N(C(C)C)C(C)C)C(=O)CC=C6)CC54)ccc32)CC1. The summed E-state index contributed by atoms with van der Waals surface area (Å²) in [5.74, 6) is -0.206. The van der Waals surface area contributed by atoms with Gasteiger partial charge in [0.2, 0.25) is 10.0 Å². The summed E-state index contributed by atoms with van der Waals surface area (Å²) in [5.41, 5.74) is 6.64. The van der Waals surface area contributed by atoms with Crippen molar-refractivity contribution in [3.05, 3.63) is 93.6 Å². The first kappa shape index (κ1) is 41.8. The number of Topliss-reactive ketones (excluding diaryl/α,β-unsaturated/α-hetero) is 1.